The van der Waals surface area contributed by atoms with Crippen molar-refractivity contribution in [3.05, 3.63) is 92.6 Å². The first-order valence-electron chi connectivity index (χ1n) is 12.5. The molecule has 4 heterocycles. The zero-order valence-electron chi connectivity index (χ0n) is 21.9. The normalized spacial score (nSPS) is 19.4. The van der Waals surface area contributed by atoms with E-state index in [-0.39, 0.29) is 28.6 Å². The van der Waals surface area contributed by atoms with Crippen LogP contribution in [0.5, 0.6) is 5.75 Å². The first-order valence-corrected chi connectivity index (χ1v) is 12.9. The number of halogens is 4. The second-order valence-electron chi connectivity index (χ2n) is 9.90. The average Bonchev–Trinajstić information content (AvgIpc) is 3.57. The van der Waals surface area contributed by atoms with E-state index in [1.54, 1.807) is 32.2 Å². The number of aryl methyl sites for hydroxylation is 2. The number of nitrogens with zero attached hydrogens (tertiary/aromatic N) is 5. The van der Waals surface area contributed by atoms with Gasteiger partial charge in [-0.05, 0) is 74.1 Å². The predicted molar refractivity (Wildman–Crippen MR) is 142 cm³/mol. The number of hydrogen-bond donors (Lipinski definition) is 1. The lowest BCUT2D eigenvalue weighted by Gasteiger charge is -2.16. The zero-order chi connectivity index (χ0) is 28.9. The van der Waals surface area contributed by atoms with Gasteiger partial charge < -0.3 is 9.84 Å². The molecule has 208 valence electrons. The molecule has 4 unspecified atom stereocenters. The van der Waals surface area contributed by atoms with Gasteiger partial charge in [0.05, 0.1) is 23.3 Å². The molecule has 0 bridgehead atoms. The third-order valence-corrected chi connectivity index (χ3v) is 7.44. The summed E-state index contributed by atoms with van der Waals surface area (Å²) < 4.78 is 42.9. The number of aromatic nitrogens is 5. The van der Waals surface area contributed by atoms with Crippen molar-refractivity contribution in [3.8, 4) is 22.8 Å². The second kappa shape index (κ2) is 10.3. The van der Waals surface area contributed by atoms with Crippen molar-refractivity contribution in [1.82, 2.24) is 24.5 Å². The summed E-state index contributed by atoms with van der Waals surface area (Å²) >= 11 is 6.67. The fraction of sp³-hybridized carbons (Fsp3) is 0.321. The highest BCUT2D eigenvalue weighted by Gasteiger charge is 2.50. The first kappa shape index (κ1) is 27.7. The van der Waals surface area contributed by atoms with Gasteiger partial charge in [-0.15, -0.1) is 13.2 Å². The highest BCUT2D eigenvalue weighted by atomic mass is 35.5. The molecule has 0 saturated heterocycles. The van der Waals surface area contributed by atoms with E-state index in [0.29, 0.717) is 34.0 Å². The predicted octanol–water partition coefficient (Wildman–Crippen LogP) is 5.82. The monoisotopic (exact) mass is 571 g/mol. The number of alkyl halides is 3. The SMILES string of the molecule is Cc1cnc(-c2ccnc(C(C)O)n2)cc1-n1c(C)cc(C2C(C)C2c2ccc(OC(F)(F)F)cn2)c(Cl)c1=O. The molecule has 0 spiro atoms. The van der Waals surface area contributed by atoms with Gasteiger partial charge in [0.1, 0.15) is 16.9 Å². The van der Waals surface area contributed by atoms with Crippen molar-refractivity contribution < 1.29 is 23.0 Å². The summed E-state index contributed by atoms with van der Waals surface area (Å²) in [7, 11) is 0. The van der Waals surface area contributed by atoms with Crippen LogP contribution < -0.4 is 10.3 Å². The van der Waals surface area contributed by atoms with E-state index in [0.717, 1.165) is 11.8 Å². The number of aliphatic hydroxyl groups is 1. The van der Waals surface area contributed by atoms with E-state index in [2.05, 4.69) is 24.7 Å². The van der Waals surface area contributed by atoms with Crippen LogP contribution in [0.2, 0.25) is 5.02 Å². The van der Waals surface area contributed by atoms with Crippen LogP contribution in [0.3, 0.4) is 0 Å². The Labute approximate surface area is 232 Å². The van der Waals surface area contributed by atoms with Gasteiger partial charge in [0.2, 0.25) is 0 Å². The van der Waals surface area contributed by atoms with E-state index in [4.69, 9.17) is 11.6 Å². The molecule has 1 saturated carbocycles. The van der Waals surface area contributed by atoms with E-state index in [9.17, 15) is 23.1 Å². The Kier molecular flexibility index (Phi) is 7.13. The Morgan fingerprint density at radius 1 is 1.05 bits per heavy atom. The smallest absolute Gasteiger partial charge is 0.404 e. The van der Waals surface area contributed by atoms with Crippen molar-refractivity contribution in [2.24, 2.45) is 5.92 Å². The lowest BCUT2D eigenvalue weighted by atomic mass is 10.1. The molecule has 40 heavy (non-hydrogen) atoms. The quantitative estimate of drug-likeness (QED) is 0.311. The van der Waals surface area contributed by atoms with Crippen LogP contribution in [-0.2, 0) is 0 Å². The van der Waals surface area contributed by atoms with Gasteiger partial charge >= 0.3 is 6.36 Å². The number of ether oxygens (including phenoxy) is 1. The van der Waals surface area contributed by atoms with E-state index >= 15 is 0 Å². The number of rotatable bonds is 6. The molecule has 1 aliphatic carbocycles. The number of hydrogen-bond acceptors (Lipinski definition) is 7. The van der Waals surface area contributed by atoms with Crippen LogP contribution in [-0.4, -0.2) is 36.0 Å². The molecular weight excluding hydrogens is 547 g/mol. The molecular formula is C28H25ClF3N5O3. The molecule has 12 heteroatoms. The maximum atomic E-state index is 13.6. The molecule has 1 aliphatic rings. The molecule has 8 nitrogen and oxygen atoms in total. The molecule has 0 amide bonds. The topological polar surface area (TPSA) is 103 Å². The second-order valence-corrected chi connectivity index (χ2v) is 10.3. The molecule has 4 atom stereocenters. The summed E-state index contributed by atoms with van der Waals surface area (Å²) in [5.41, 5.74) is 3.83. The van der Waals surface area contributed by atoms with Crippen LogP contribution in [0, 0.1) is 19.8 Å². The fourth-order valence-electron chi connectivity index (χ4n) is 5.06. The third-order valence-electron chi connectivity index (χ3n) is 7.06. The van der Waals surface area contributed by atoms with Gasteiger partial charge in [0.25, 0.3) is 5.56 Å². The van der Waals surface area contributed by atoms with E-state index in [1.807, 2.05) is 19.9 Å². The highest BCUT2D eigenvalue weighted by molar-refractivity contribution is 6.31. The maximum Gasteiger partial charge on any atom is 0.573 e. The molecule has 0 radical (unpaired) electrons. The van der Waals surface area contributed by atoms with Crippen molar-refractivity contribution in [1.29, 1.82) is 0 Å². The summed E-state index contributed by atoms with van der Waals surface area (Å²) in [6.45, 7) is 7.19. The van der Waals surface area contributed by atoms with Crippen molar-refractivity contribution in [3.63, 3.8) is 0 Å². The lowest BCUT2D eigenvalue weighted by Crippen LogP contribution is -2.23. The fourth-order valence-corrected chi connectivity index (χ4v) is 5.33. The Morgan fingerprint density at radius 3 is 2.45 bits per heavy atom. The largest absolute Gasteiger partial charge is 0.573 e. The van der Waals surface area contributed by atoms with Crippen molar-refractivity contribution in [2.45, 2.75) is 52.0 Å². The van der Waals surface area contributed by atoms with Gasteiger partial charge in [-0.2, -0.15) is 0 Å². The molecule has 0 aromatic carbocycles. The minimum atomic E-state index is -4.79. The minimum Gasteiger partial charge on any atom is -0.404 e. The van der Waals surface area contributed by atoms with Crippen LogP contribution >= 0.6 is 11.6 Å². The van der Waals surface area contributed by atoms with Crippen molar-refractivity contribution in [2.75, 3.05) is 0 Å². The standard InChI is InChI=1S/C28H25ClF3N5O3/c1-13-11-34-21(19-7-8-33-26(36-19)16(4)38)10-22(13)37-14(2)9-18(25(29)27(37)39)23-15(3)24(23)20-6-5-17(12-35-20)40-28(30,31)32/h5-12,15-16,23-24,38H,1-4H3. The van der Waals surface area contributed by atoms with Gasteiger partial charge in [-0.25, -0.2) is 9.97 Å². The Morgan fingerprint density at radius 2 is 1.80 bits per heavy atom. The summed E-state index contributed by atoms with van der Waals surface area (Å²) in [5.74, 6) is -0.295. The summed E-state index contributed by atoms with van der Waals surface area (Å²) in [4.78, 5) is 30.7. The van der Waals surface area contributed by atoms with Crippen LogP contribution in [0.1, 0.15) is 60.1 Å². The Bertz CT molecular complexity index is 1640. The Balaban J connectivity index is 1.48. The maximum absolute atomic E-state index is 13.6. The molecule has 1 N–H and O–H groups in total. The number of aliphatic hydroxyl groups excluding tert-OH is 1. The molecule has 5 rings (SSSR count). The van der Waals surface area contributed by atoms with Crippen molar-refractivity contribution >= 4 is 11.6 Å². The minimum absolute atomic E-state index is 0.0677. The molecule has 0 aliphatic heterocycles. The van der Waals surface area contributed by atoms with Gasteiger partial charge in [0.15, 0.2) is 5.82 Å². The van der Waals surface area contributed by atoms with E-state index < -0.39 is 23.8 Å². The summed E-state index contributed by atoms with van der Waals surface area (Å²) in [5, 5.41) is 9.93. The lowest BCUT2D eigenvalue weighted by molar-refractivity contribution is -0.274. The van der Waals surface area contributed by atoms with Gasteiger partial charge in [0, 0.05) is 29.7 Å². The molecule has 1 fully saturated rings. The van der Waals surface area contributed by atoms with Crippen LogP contribution in [0.4, 0.5) is 13.2 Å². The van der Waals surface area contributed by atoms with Gasteiger partial charge in [-0.3, -0.25) is 19.3 Å². The van der Waals surface area contributed by atoms with Crippen LogP contribution in [0.25, 0.3) is 17.1 Å². The molecule has 4 aromatic rings. The average molecular weight is 572 g/mol. The summed E-state index contributed by atoms with van der Waals surface area (Å²) in [6, 6.07) is 8.01. The van der Waals surface area contributed by atoms with Crippen LogP contribution in [0.15, 0.2) is 53.7 Å². The first-order chi connectivity index (χ1) is 18.9. The van der Waals surface area contributed by atoms with E-state index in [1.165, 1.54) is 22.9 Å². The molecule has 4 aromatic heterocycles. The number of pyridine rings is 3. The summed E-state index contributed by atoms with van der Waals surface area (Å²) in [6.07, 6.45) is -1.43. The zero-order valence-corrected chi connectivity index (χ0v) is 22.7. The Hall–Kier alpha value is -3.83. The third kappa shape index (κ3) is 5.31. The highest BCUT2D eigenvalue weighted by Crippen LogP contribution is 2.60. The van der Waals surface area contributed by atoms with Gasteiger partial charge in [-0.1, -0.05) is 18.5 Å².